The number of fused-ring (bicyclic) bond motifs is 3. The zero-order valence-electron chi connectivity index (χ0n) is 19.6. The van der Waals surface area contributed by atoms with Gasteiger partial charge in [0.25, 0.3) is 0 Å². The van der Waals surface area contributed by atoms with E-state index in [-0.39, 0.29) is 11.6 Å². The van der Waals surface area contributed by atoms with Gasteiger partial charge in [0, 0.05) is 47.4 Å². The van der Waals surface area contributed by atoms with Crippen LogP contribution in [0.15, 0.2) is 42.6 Å². The SMILES string of the molecule is CCO[C@H]1C[C@@H]2CCC(c3ccc(C(=O)O)cc3)(C1)N2Cc1c(OC)cc(C)c2[nH]ccc12. The van der Waals surface area contributed by atoms with Crippen molar-refractivity contribution in [2.75, 3.05) is 13.7 Å². The first-order chi connectivity index (χ1) is 16.0. The highest BCUT2D eigenvalue weighted by Crippen LogP contribution is 2.52. The van der Waals surface area contributed by atoms with Crippen molar-refractivity contribution in [2.45, 2.75) is 63.8 Å². The van der Waals surface area contributed by atoms with Crippen molar-refractivity contribution in [2.24, 2.45) is 0 Å². The summed E-state index contributed by atoms with van der Waals surface area (Å²) in [5.41, 5.74) is 4.85. The number of H-pyrrole nitrogens is 1. The maximum atomic E-state index is 11.4. The van der Waals surface area contributed by atoms with Crippen LogP contribution in [0.3, 0.4) is 0 Å². The molecule has 0 radical (unpaired) electrons. The van der Waals surface area contributed by atoms with Crippen molar-refractivity contribution < 1.29 is 19.4 Å². The van der Waals surface area contributed by atoms with Crippen LogP contribution in [0.2, 0.25) is 0 Å². The Labute approximate surface area is 194 Å². The fraction of sp³-hybridized carbons (Fsp3) is 0.444. The van der Waals surface area contributed by atoms with Gasteiger partial charge in [-0.2, -0.15) is 0 Å². The number of carboxylic acid groups (broad SMARTS) is 1. The van der Waals surface area contributed by atoms with Gasteiger partial charge in [-0.25, -0.2) is 4.79 Å². The Kier molecular flexibility index (Phi) is 5.67. The van der Waals surface area contributed by atoms with Gasteiger partial charge in [0.2, 0.25) is 0 Å². The highest BCUT2D eigenvalue weighted by molar-refractivity contribution is 5.88. The number of ether oxygens (including phenoxy) is 2. The topological polar surface area (TPSA) is 74.8 Å². The minimum atomic E-state index is -0.893. The molecule has 0 aliphatic carbocycles. The highest BCUT2D eigenvalue weighted by atomic mass is 16.5. The van der Waals surface area contributed by atoms with Gasteiger partial charge in [-0.15, -0.1) is 0 Å². The summed E-state index contributed by atoms with van der Waals surface area (Å²) < 4.78 is 12.0. The Morgan fingerprint density at radius 3 is 2.76 bits per heavy atom. The third kappa shape index (κ3) is 3.62. The van der Waals surface area contributed by atoms with Gasteiger partial charge in [-0.05, 0) is 74.9 Å². The first-order valence-corrected chi connectivity index (χ1v) is 11.8. The number of piperidine rings is 1. The molecule has 33 heavy (non-hydrogen) atoms. The molecule has 1 unspecified atom stereocenters. The van der Waals surface area contributed by atoms with Crippen LogP contribution < -0.4 is 4.74 Å². The van der Waals surface area contributed by atoms with E-state index in [0.29, 0.717) is 18.2 Å². The van der Waals surface area contributed by atoms with Gasteiger partial charge in [-0.3, -0.25) is 4.90 Å². The standard InChI is InChI=1S/C27H32N2O4/c1-4-33-21-14-20-9-11-27(15-21,19-7-5-18(6-8-19)26(30)31)29(20)16-23-22-10-12-28-25(22)17(2)13-24(23)32-3/h5-8,10,12-13,20-21,28H,4,9,11,14-16H2,1-3H3,(H,30,31)/t20-,21-,27?/m0/s1. The summed E-state index contributed by atoms with van der Waals surface area (Å²) in [6.07, 6.45) is 6.29. The van der Waals surface area contributed by atoms with Crippen molar-refractivity contribution in [1.82, 2.24) is 9.88 Å². The average Bonchev–Trinajstić information content (AvgIpc) is 3.38. The molecule has 2 aromatic carbocycles. The quantitative estimate of drug-likeness (QED) is 0.517. The molecule has 3 aromatic rings. The van der Waals surface area contributed by atoms with E-state index < -0.39 is 5.97 Å². The molecule has 6 heteroatoms. The smallest absolute Gasteiger partial charge is 0.335 e. The van der Waals surface area contributed by atoms with E-state index in [1.54, 1.807) is 19.2 Å². The van der Waals surface area contributed by atoms with Crippen LogP contribution in [0.4, 0.5) is 0 Å². The Morgan fingerprint density at radius 1 is 1.27 bits per heavy atom. The van der Waals surface area contributed by atoms with Crippen molar-refractivity contribution >= 4 is 16.9 Å². The lowest BCUT2D eigenvalue weighted by Crippen LogP contribution is -2.52. The summed E-state index contributed by atoms with van der Waals surface area (Å²) in [6.45, 7) is 5.65. The van der Waals surface area contributed by atoms with Crippen molar-refractivity contribution in [3.8, 4) is 5.75 Å². The lowest BCUT2D eigenvalue weighted by molar-refractivity contribution is -0.0593. The molecule has 2 aliphatic heterocycles. The van der Waals surface area contributed by atoms with Crippen LogP contribution in [0.1, 0.15) is 59.7 Å². The lowest BCUT2D eigenvalue weighted by Gasteiger charge is -2.48. The van der Waals surface area contributed by atoms with Crippen LogP contribution >= 0.6 is 0 Å². The number of nitrogens with one attached hydrogen (secondary N) is 1. The minimum Gasteiger partial charge on any atom is -0.496 e. The number of methoxy groups -OCH3 is 1. The number of hydrogen-bond donors (Lipinski definition) is 2. The van der Waals surface area contributed by atoms with Crippen LogP contribution in [0.25, 0.3) is 10.9 Å². The van der Waals surface area contributed by atoms with Gasteiger partial charge in [0.1, 0.15) is 5.75 Å². The number of nitrogens with zero attached hydrogens (tertiary/aromatic N) is 1. The molecule has 0 amide bonds. The van der Waals surface area contributed by atoms with E-state index in [9.17, 15) is 9.90 Å². The number of aromatic carboxylic acids is 1. The predicted octanol–water partition coefficient (Wildman–Crippen LogP) is 5.24. The van der Waals surface area contributed by atoms with Gasteiger partial charge in [0.15, 0.2) is 0 Å². The third-order valence-electron chi connectivity index (χ3n) is 7.71. The van der Waals surface area contributed by atoms with E-state index in [1.807, 2.05) is 18.3 Å². The molecule has 3 atom stereocenters. The Bertz CT molecular complexity index is 1170. The Morgan fingerprint density at radius 2 is 2.06 bits per heavy atom. The number of hydrogen-bond acceptors (Lipinski definition) is 4. The van der Waals surface area contributed by atoms with Gasteiger partial charge >= 0.3 is 5.97 Å². The molecular weight excluding hydrogens is 416 g/mol. The molecule has 2 bridgehead atoms. The molecule has 0 saturated carbocycles. The molecule has 0 spiro atoms. The minimum absolute atomic E-state index is 0.182. The molecule has 6 nitrogen and oxygen atoms in total. The number of aromatic amines is 1. The highest BCUT2D eigenvalue weighted by Gasteiger charge is 2.53. The Hall–Kier alpha value is -2.83. The van der Waals surface area contributed by atoms with Crippen LogP contribution in [0.5, 0.6) is 5.75 Å². The van der Waals surface area contributed by atoms with Gasteiger partial charge < -0.3 is 19.6 Å². The van der Waals surface area contributed by atoms with E-state index in [0.717, 1.165) is 43.5 Å². The van der Waals surface area contributed by atoms with E-state index in [4.69, 9.17) is 9.47 Å². The second-order valence-corrected chi connectivity index (χ2v) is 9.39. The first kappa shape index (κ1) is 22.0. The molecule has 1 aromatic heterocycles. The number of rotatable bonds is 7. The number of benzene rings is 2. The zero-order chi connectivity index (χ0) is 23.2. The maximum Gasteiger partial charge on any atom is 0.335 e. The normalized spacial score (nSPS) is 24.9. The molecule has 2 aliphatic rings. The molecule has 2 saturated heterocycles. The van der Waals surface area contributed by atoms with Crippen molar-refractivity contribution in [1.29, 1.82) is 0 Å². The summed E-state index contributed by atoms with van der Waals surface area (Å²) in [5.74, 6) is 0.0255. The summed E-state index contributed by atoms with van der Waals surface area (Å²) in [4.78, 5) is 17.5. The Balaban J connectivity index is 1.59. The van der Waals surface area contributed by atoms with E-state index in [2.05, 4.69) is 35.9 Å². The molecule has 2 fully saturated rings. The van der Waals surface area contributed by atoms with Gasteiger partial charge in [0.05, 0.1) is 18.8 Å². The number of carboxylic acids is 1. The zero-order valence-corrected chi connectivity index (χ0v) is 19.6. The largest absolute Gasteiger partial charge is 0.496 e. The first-order valence-electron chi connectivity index (χ1n) is 11.8. The molecule has 174 valence electrons. The lowest BCUT2D eigenvalue weighted by atomic mass is 9.79. The molecular formula is C27H32N2O4. The van der Waals surface area contributed by atoms with E-state index in [1.165, 1.54) is 22.1 Å². The monoisotopic (exact) mass is 448 g/mol. The van der Waals surface area contributed by atoms with Gasteiger partial charge in [-0.1, -0.05) is 12.1 Å². The average molecular weight is 449 g/mol. The van der Waals surface area contributed by atoms with Crippen molar-refractivity contribution in [3.05, 3.63) is 64.8 Å². The summed E-state index contributed by atoms with van der Waals surface area (Å²) >= 11 is 0. The van der Waals surface area contributed by atoms with Crippen LogP contribution in [-0.2, 0) is 16.8 Å². The summed E-state index contributed by atoms with van der Waals surface area (Å²) in [6, 6.07) is 12.2. The van der Waals surface area contributed by atoms with Crippen LogP contribution in [0, 0.1) is 6.92 Å². The molecule has 5 rings (SSSR count). The molecule has 2 N–H and O–H groups in total. The summed E-state index contributed by atoms with van der Waals surface area (Å²) in [7, 11) is 1.74. The molecule has 3 heterocycles. The fourth-order valence-corrected chi connectivity index (χ4v) is 6.23. The number of aromatic nitrogens is 1. The second-order valence-electron chi connectivity index (χ2n) is 9.39. The van der Waals surface area contributed by atoms with E-state index >= 15 is 0 Å². The second kappa shape index (κ2) is 8.50. The predicted molar refractivity (Wildman–Crippen MR) is 128 cm³/mol. The van der Waals surface area contributed by atoms with Crippen molar-refractivity contribution in [3.63, 3.8) is 0 Å². The number of carbonyl (C=O) groups is 1. The third-order valence-corrected chi connectivity index (χ3v) is 7.71. The summed E-state index contributed by atoms with van der Waals surface area (Å²) in [5, 5.41) is 10.6. The fourth-order valence-electron chi connectivity index (χ4n) is 6.23. The number of aryl methyl sites for hydroxylation is 1. The maximum absolute atomic E-state index is 11.4. The van der Waals surface area contributed by atoms with Crippen LogP contribution in [-0.4, -0.2) is 46.8 Å².